The lowest BCUT2D eigenvalue weighted by Crippen LogP contribution is -2.12. The number of aryl methyl sites for hydroxylation is 1. The summed E-state index contributed by atoms with van der Waals surface area (Å²) in [6.45, 7) is 6.18. The molecule has 134 valence electrons. The van der Waals surface area contributed by atoms with Gasteiger partial charge in [-0.2, -0.15) is 5.10 Å². The summed E-state index contributed by atoms with van der Waals surface area (Å²) in [4.78, 5) is 11.8. The molecule has 25 heavy (non-hydrogen) atoms. The number of esters is 1. The van der Waals surface area contributed by atoms with Crippen molar-refractivity contribution in [3.63, 3.8) is 0 Å². The average Bonchev–Trinajstić information content (AvgIpc) is 3.11. The van der Waals surface area contributed by atoms with Crippen LogP contribution in [0.25, 0.3) is 5.69 Å². The minimum atomic E-state index is -0.607. The molecule has 1 aromatic carbocycles. The smallest absolute Gasteiger partial charge is 0.377 e. The molecule has 1 atom stereocenters. The van der Waals surface area contributed by atoms with Gasteiger partial charge in [0.25, 0.3) is 0 Å². The van der Waals surface area contributed by atoms with Crippen molar-refractivity contribution in [2.24, 2.45) is 0 Å². The summed E-state index contributed by atoms with van der Waals surface area (Å²) in [6, 6.07) is 7.71. The van der Waals surface area contributed by atoms with Crippen molar-refractivity contribution in [2.75, 3.05) is 14.2 Å². The van der Waals surface area contributed by atoms with Gasteiger partial charge >= 0.3 is 5.97 Å². The fraction of sp³-hybridized carbons (Fsp3) is 0.368. The Morgan fingerprint density at radius 3 is 2.72 bits per heavy atom. The van der Waals surface area contributed by atoms with Crippen LogP contribution in [0.5, 0.6) is 5.75 Å². The van der Waals surface area contributed by atoms with E-state index in [9.17, 15) is 4.79 Å². The first kappa shape index (κ1) is 18.6. The molecule has 0 bridgehead atoms. The molecule has 0 N–H and O–H groups in total. The van der Waals surface area contributed by atoms with Crippen LogP contribution < -0.4 is 4.74 Å². The Balaban J connectivity index is 2.32. The van der Waals surface area contributed by atoms with Crippen molar-refractivity contribution < 1.29 is 19.0 Å². The lowest BCUT2D eigenvalue weighted by molar-refractivity contribution is -0.138. The van der Waals surface area contributed by atoms with Crippen LogP contribution in [0.1, 0.15) is 37.4 Å². The topological polar surface area (TPSA) is 62.6 Å². The first-order valence-corrected chi connectivity index (χ1v) is 8.15. The Morgan fingerprint density at radius 1 is 1.32 bits per heavy atom. The monoisotopic (exact) mass is 344 g/mol. The number of nitrogens with zero attached hydrogens (tertiary/aromatic N) is 2. The van der Waals surface area contributed by atoms with Gasteiger partial charge in [0, 0.05) is 12.3 Å². The zero-order chi connectivity index (χ0) is 18.4. The van der Waals surface area contributed by atoms with E-state index in [4.69, 9.17) is 14.2 Å². The van der Waals surface area contributed by atoms with Gasteiger partial charge in [-0.15, -0.1) is 0 Å². The van der Waals surface area contributed by atoms with E-state index in [1.165, 1.54) is 20.5 Å². The number of carbonyl (C=O) groups excluding carboxylic acids is 1. The summed E-state index contributed by atoms with van der Waals surface area (Å²) in [7, 11) is 2.73. The van der Waals surface area contributed by atoms with Gasteiger partial charge in [0.2, 0.25) is 5.76 Å². The lowest BCUT2D eigenvalue weighted by Gasteiger charge is -2.12. The summed E-state index contributed by atoms with van der Waals surface area (Å²) < 4.78 is 17.1. The number of benzene rings is 1. The third kappa shape index (κ3) is 4.41. The number of hydrogen-bond acceptors (Lipinski definition) is 5. The van der Waals surface area contributed by atoms with Gasteiger partial charge in [-0.25, -0.2) is 9.48 Å². The third-order valence-electron chi connectivity index (χ3n) is 3.99. The maximum absolute atomic E-state index is 11.8. The van der Waals surface area contributed by atoms with E-state index in [0.29, 0.717) is 11.7 Å². The fourth-order valence-electron chi connectivity index (χ4n) is 2.23. The molecule has 0 amide bonds. The van der Waals surface area contributed by atoms with Crippen molar-refractivity contribution in [3.8, 4) is 11.4 Å². The van der Waals surface area contributed by atoms with E-state index < -0.39 is 5.97 Å². The normalized spacial score (nSPS) is 12.6. The molecule has 0 spiro atoms. The molecule has 1 unspecified atom stereocenters. The summed E-state index contributed by atoms with van der Waals surface area (Å²) in [5.41, 5.74) is 2.76. The first-order chi connectivity index (χ1) is 12.0. The number of hydrogen-bond donors (Lipinski definition) is 0. The molecule has 0 fully saturated rings. The Hall–Kier alpha value is -2.76. The van der Waals surface area contributed by atoms with E-state index >= 15 is 0 Å². The van der Waals surface area contributed by atoms with Crippen LogP contribution in [0.15, 0.2) is 42.5 Å². The Kier molecular flexibility index (Phi) is 6.22. The predicted octanol–water partition coefficient (Wildman–Crippen LogP) is 3.73. The molecule has 0 aliphatic rings. The van der Waals surface area contributed by atoms with Gasteiger partial charge in [-0.1, -0.05) is 19.9 Å². The van der Waals surface area contributed by atoms with Crippen LogP contribution in [-0.2, 0) is 14.3 Å². The molecule has 1 heterocycles. The highest BCUT2D eigenvalue weighted by atomic mass is 16.6. The number of rotatable bonds is 7. The number of aromatic nitrogens is 2. The molecule has 0 radical (unpaired) electrons. The van der Waals surface area contributed by atoms with Gasteiger partial charge in [-0.3, -0.25) is 0 Å². The van der Waals surface area contributed by atoms with Crippen molar-refractivity contribution in [1.82, 2.24) is 9.78 Å². The minimum absolute atomic E-state index is 0.0222. The second kappa shape index (κ2) is 8.37. The first-order valence-electron chi connectivity index (χ1n) is 8.15. The Morgan fingerprint density at radius 2 is 2.08 bits per heavy atom. The Bertz CT molecular complexity index is 765. The van der Waals surface area contributed by atoms with Crippen molar-refractivity contribution >= 4 is 5.97 Å². The number of carbonyl (C=O) groups is 1. The van der Waals surface area contributed by atoms with Gasteiger partial charge in [0.05, 0.1) is 25.6 Å². The van der Waals surface area contributed by atoms with E-state index in [-0.39, 0.29) is 5.76 Å². The number of ether oxygens (including phenoxy) is 3. The zero-order valence-electron chi connectivity index (χ0n) is 15.3. The van der Waals surface area contributed by atoms with E-state index in [1.807, 2.05) is 37.4 Å². The van der Waals surface area contributed by atoms with Crippen LogP contribution in [0.4, 0.5) is 0 Å². The van der Waals surface area contributed by atoms with Gasteiger partial charge in [-0.05, 0) is 37.0 Å². The van der Waals surface area contributed by atoms with Gasteiger partial charge < -0.3 is 14.2 Å². The van der Waals surface area contributed by atoms with Crippen LogP contribution in [0.2, 0.25) is 0 Å². The summed E-state index contributed by atoms with van der Waals surface area (Å²) in [5.74, 6) is 0.306. The van der Waals surface area contributed by atoms with Crippen LogP contribution in [0.3, 0.4) is 0 Å². The Labute approximate surface area is 148 Å². The van der Waals surface area contributed by atoms with E-state index in [2.05, 4.69) is 18.9 Å². The zero-order valence-corrected chi connectivity index (χ0v) is 15.3. The minimum Gasteiger partial charge on any atom is -0.500 e. The maximum atomic E-state index is 11.8. The molecule has 0 aliphatic carbocycles. The second-order valence-corrected chi connectivity index (χ2v) is 5.76. The molecule has 2 aromatic rings. The molecule has 0 saturated heterocycles. The highest BCUT2D eigenvalue weighted by Gasteiger charge is 2.15. The molecule has 6 nitrogen and oxygen atoms in total. The second-order valence-electron chi connectivity index (χ2n) is 5.76. The highest BCUT2D eigenvalue weighted by Crippen LogP contribution is 2.25. The number of methoxy groups -OCH3 is 2. The van der Waals surface area contributed by atoms with Crippen molar-refractivity contribution in [2.45, 2.75) is 33.1 Å². The van der Waals surface area contributed by atoms with E-state index in [0.717, 1.165) is 23.4 Å². The molecule has 1 aromatic heterocycles. The third-order valence-corrected chi connectivity index (χ3v) is 3.99. The molecule has 2 rings (SSSR count). The summed E-state index contributed by atoms with van der Waals surface area (Å²) in [5, 5.41) is 4.62. The molecule has 0 saturated carbocycles. The SMILES string of the molecule is CCC(C)c1ccn(-c2ccc(C)c(O/C(=C\OC)C(=O)OC)c2)n1. The van der Waals surface area contributed by atoms with Gasteiger partial charge in [0.1, 0.15) is 12.0 Å². The van der Waals surface area contributed by atoms with Crippen molar-refractivity contribution in [3.05, 3.63) is 53.7 Å². The summed E-state index contributed by atoms with van der Waals surface area (Å²) in [6.07, 6.45) is 4.17. The molecular formula is C19H24N2O4. The van der Waals surface area contributed by atoms with Crippen LogP contribution in [0, 0.1) is 6.92 Å². The van der Waals surface area contributed by atoms with Crippen LogP contribution >= 0.6 is 0 Å². The predicted molar refractivity (Wildman–Crippen MR) is 94.7 cm³/mol. The molecule has 0 aliphatic heterocycles. The quantitative estimate of drug-likeness (QED) is 0.435. The highest BCUT2D eigenvalue weighted by molar-refractivity contribution is 5.86. The van der Waals surface area contributed by atoms with Crippen molar-refractivity contribution in [1.29, 1.82) is 0 Å². The van der Waals surface area contributed by atoms with E-state index in [1.54, 1.807) is 4.68 Å². The average molecular weight is 344 g/mol. The fourth-order valence-corrected chi connectivity index (χ4v) is 2.23. The van der Waals surface area contributed by atoms with Gasteiger partial charge in [0.15, 0.2) is 0 Å². The standard InChI is InChI=1S/C19H24N2O4/c1-6-13(2)16-9-10-21(20-16)15-8-7-14(3)17(11-15)25-18(12-23-4)19(22)24-5/h7-13H,6H2,1-5H3/b18-12-. The molecule has 6 heteroatoms. The lowest BCUT2D eigenvalue weighted by atomic mass is 10.1. The summed E-state index contributed by atoms with van der Waals surface area (Å²) >= 11 is 0. The maximum Gasteiger partial charge on any atom is 0.377 e. The largest absolute Gasteiger partial charge is 0.500 e. The molecular weight excluding hydrogens is 320 g/mol. The van der Waals surface area contributed by atoms with Crippen LogP contribution in [-0.4, -0.2) is 30.0 Å².